The number of methoxy groups -OCH3 is 2. The number of ether oxygens (including phenoxy) is 2. The minimum absolute atomic E-state index is 0.352. The zero-order valence-electron chi connectivity index (χ0n) is 16.6. The molecule has 7 nitrogen and oxygen atoms in total. The maximum absolute atomic E-state index is 13.1. The molecule has 1 heterocycles. The molecule has 2 aromatic carbocycles. The van der Waals surface area contributed by atoms with Gasteiger partial charge in [0, 0.05) is 16.4 Å². The predicted octanol–water partition coefficient (Wildman–Crippen LogP) is 3.93. The number of aryl methyl sites for hydroxylation is 1. The number of nitrogens with one attached hydrogen (secondary N) is 3. The van der Waals surface area contributed by atoms with Crippen molar-refractivity contribution >= 4 is 29.2 Å². The first-order valence-corrected chi connectivity index (χ1v) is 9.29. The van der Waals surface area contributed by atoms with Crippen LogP contribution >= 0.6 is 11.6 Å². The average Bonchev–Trinajstić information content (AvgIpc) is 2.69. The van der Waals surface area contributed by atoms with Crippen LogP contribution in [-0.4, -0.2) is 26.2 Å². The lowest BCUT2D eigenvalue weighted by atomic mass is 9.94. The summed E-state index contributed by atoms with van der Waals surface area (Å²) in [6.45, 7) is 3.57. The van der Waals surface area contributed by atoms with E-state index in [0.717, 1.165) is 5.56 Å². The number of benzene rings is 2. The van der Waals surface area contributed by atoms with Gasteiger partial charge in [-0.2, -0.15) is 0 Å². The molecule has 8 heteroatoms. The summed E-state index contributed by atoms with van der Waals surface area (Å²) in [6, 6.07) is 9.47. The zero-order chi connectivity index (χ0) is 21.1. The molecule has 0 saturated heterocycles. The molecule has 3 N–H and O–H groups in total. The number of carbonyl (C=O) groups excluding carboxylic acids is 2. The summed E-state index contributed by atoms with van der Waals surface area (Å²) in [4.78, 5) is 25.2. The Kier molecular flexibility index (Phi) is 5.98. The van der Waals surface area contributed by atoms with Gasteiger partial charge in [-0.05, 0) is 49.2 Å². The highest BCUT2D eigenvalue weighted by atomic mass is 35.5. The van der Waals surface area contributed by atoms with Gasteiger partial charge in [-0.15, -0.1) is 0 Å². The van der Waals surface area contributed by atoms with Gasteiger partial charge in [-0.1, -0.05) is 23.7 Å². The number of anilines is 1. The Morgan fingerprint density at radius 2 is 1.79 bits per heavy atom. The molecule has 29 heavy (non-hydrogen) atoms. The topological polar surface area (TPSA) is 88.7 Å². The van der Waals surface area contributed by atoms with Crippen molar-refractivity contribution in [1.29, 1.82) is 0 Å². The third kappa shape index (κ3) is 4.30. The summed E-state index contributed by atoms with van der Waals surface area (Å²) < 4.78 is 10.6. The van der Waals surface area contributed by atoms with E-state index < -0.39 is 12.1 Å². The molecule has 1 atom stereocenters. The van der Waals surface area contributed by atoms with Crippen LogP contribution < -0.4 is 25.4 Å². The van der Waals surface area contributed by atoms with E-state index in [9.17, 15) is 9.59 Å². The van der Waals surface area contributed by atoms with E-state index in [1.54, 1.807) is 44.4 Å². The number of urea groups is 1. The Balaban J connectivity index is 1.97. The number of allylic oxidation sites excluding steroid dienone is 1. The van der Waals surface area contributed by atoms with Gasteiger partial charge in [0.25, 0.3) is 5.91 Å². The number of hydrogen-bond acceptors (Lipinski definition) is 4. The van der Waals surface area contributed by atoms with Gasteiger partial charge >= 0.3 is 6.03 Å². The molecule has 0 aliphatic carbocycles. The maximum atomic E-state index is 13.1. The molecule has 0 spiro atoms. The molecular formula is C21H22ClN3O4. The molecule has 0 saturated carbocycles. The van der Waals surface area contributed by atoms with Crippen LogP contribution in [0.4, 0.5) is 10.5 Å². The Morgan fingerprint density at radius 1 is 1.07 bits per heavy atom. The average molecular weight is 416 g/mol. The fraction of sp³-hybridized carbons (Fsp3) is 0.238. The minimum Gasteiger partial charge on any atom is -0.493 e. The summed E-state index contributed by atoms with van der Waals surface area (Å²) in [5.74, 6) is 0.702. The largest absolute Gasteiger partial charge is 0.493 e. The van der Waals surface area contributed by atoms with Crippen molar-refractivity contribution in [3.05, 3.63) is 63.8 Å². The molecule has 0 unspecified atom stereocenters. The first-order valence-electron chi connectivity index (χ1n) is 8.91. The molecule has 2 aromatic rings. The molecule has 1 aliphatic rings. The number of carbonyl (C=O) groups is 2. The molecular weight excluding hydrogens is 394 g/mol. The number of hydrogen-bond donors (Lipinski definition) is 3. The van der Waals surface area contributed by atoms with Crippen molar-refractivity contribution in [2.45, 2.75) is 19.9 Å². The fourth-order valence-corrected chi connectivity index (χ4v) is 3.33. The van der Waals surface area contributed by atoms with Crippen molar-refractivity contribution < 1.29 is 19.1 Å². The van der Waals surface area contributed by atoms with E-state index in [-0.39, 0.29) is 5.91 Å². The highest BCUT2D eigenvalue weighted by Gasteiger charge is 2.31. The van der Waals surface area contributed by atoms with Gasteiger partial charge in [0.05, 0.1) is 25.8 Å². The van der Waals surface area contributed by atoms with Crippen molar-refractivity contribution in [2.75, 3.05) is 19.5 Å². The molecule has 0 fully saturated rings. The lowest BCUT2D eigenvalue weighted by Gasteiger charge is -2.29. The van der Waals surface area contributed by atoms with Crippen LogP contribution in [0.25, 0.3) is 0 Å². The van der Waals surface area contributed by atoms with Gasteiger partial charge in [0.1, 0.15) is 0 Å². The van der Waals surface area contributed by atoms with E-state index in [1.165, 1.54) is 7.11 Å². The normalized spacial score (nSPS) is 16.0. The first-order chi connectivity index (χ1) is 13.8. The summed E-state index contributed by atoms with van der Waals surface area (Å²) in [5, 5.41) is 8.86. The summed E-state index contributed by atoms with van der Waals surface area (Å²) in [5.41, 5.74) is 3.01. The fourth-order valence-electron chi connectivity index (χ4n) is 3.15. The second-order valence-corrected chi connectivity index (χ2v) is 7.01. The highest BCUT2D eigenvalue weighted by Crippen LogP contribution is 2.34. The molecule has 152 valence electrons. The minimum atomic E-state index is -0.663. The van der Waals surface area contributed by atoms with Crippen LogP contribution in [0.15, 0.2) is 47.7 Å². The van der Waals surface area contributed by atoms with Gasteiger partial charge in [-0.3, -0.25) is 4.79 Å². The number of amides is 3. The number of rotatable bonds is 5. The summed E-state index contributed by atoms with van der Waals surface area (Å²) in [7, 11) is 3.07. The lowest BCUT2D eigenvalue weighted by Crippen LogP contribution is -2.46. The zero-order valence-corrected chi connectivity index (χ0v) is 17.3. The van der Waals surface area contributed by atoms with Gasteiger partial charge in [0.2, 0.25) is 0 Å². The Hall–Kier alpha value is -3.19. The van der Waals surface area contributed by atoms with Crippen molar-refractivity contribution in [1.82, 2.24) is 10.6 Å². The standard InChI is InChI=1S/C21H22ClN3O4/c1-11-5-7-14(10-15(11)22)24-20(26)18-12(2)23-21(27)25-19(18)13-6-8-16(28-3)17(9-13)29-4/h5-10,19H,1-4H3,(H,24,26)(H2,23,25,27)/t19-/m0/s1. The van der Waals surface area contributed by atoms with E-state index in [4.69, 9.17) is 21.1 Å². The monoisotopic (exact) mass is 415 g/mol. The van der Waals surface area contributed by atoms with Crippen molar-refractivity contribution in [3.63, 3.8) is 0 Å². The van der Waals surface area contributed by atoms with Crippen LogP contribution in [-0.2, 0) is 4.79 Å². The van der Waals surface area contributed by atoms with Crippen LogP contribution in [0, 0.1) is 6.92 Å². The second-order valence-electron chi connectivity index (χ2n) is 6.60. The molecule has 3 amide bonds. The van der Waals surface area contributed by atoms with Crippen LogP contribution in [0.5, 0.6) is 11.5 Å². The lowest BCUT2D eigenvalue weighted by molar-refractivity contribution is -0.113. The Labute approximate surface area is 174 Å². The Bertz CT molecular complexity index is 1000. The van der Waals surface area contributed by atoms with Crippen molar-refractivity contribution in [3.8, 4) is 11.5 Å². The van der Waals surface area contributed by atoms with Crippen LogP contribution in [0.3, 0.4) is 0 Å². The third-order valence-electron chi connectivity index (χ3n) is 4.68. The van der Waals surface area contributed by atoms with Crippen LogP contribution in [0.2, 0.25) is 5.02 Å². The molecule has 0 aromatic heterocycles. The van der Waals surface area contributed by atoms with E-state index in [1.807, 2.05) is 13.0 Å². The quantitative estimate of drug-likeness (QED) is 0.690. The first kappa shape index (κ1) is 20.5. The third-order valence-corrected chi connectivity index (χ3v) is 5.09. The highest BCUT2D eigenvalue weighted by molar-refractivity contribution is 6.31. The van der Waals surface area contributed by atoms with E-state index >= 15 is 0 Å². The van der Waals surface area contributed by atoms with Crippen molar-refractivity contribution in [2.24, 2.45) is 0 Å². The predicted molar refractivity (Wildman–Crippen MR) is 111 cm³/mol. The maximum Gasteiger partial charge on any atom is 0.319 e. The summed E-state index contributed by atoms with van der Waals surface area (Å²) in [6.07, 6.45) is 0. The van der Waals surface area contributed by atoms with E-state index in [2.05, 4.69) is 16.0 Å². The molecule has 3 rings (SSSR count). The molecule has 0 bridgehead atoms. The number of halogens is 1. The van der Waals surface area contributed by atoms with Gasteiger partial charge < -0.3 is 25.4 Å². The second kappa shape index (κ2) is 8.45. The molecule has 1 aliphatic heterocycles. The van der Waals surface area contributed by atoms with E-state index in [0.29, 0.717) is 39.0 Å². The molecule has 0 radical (unpaired) electrons. The summed E-state index contributed by atoms with van der Waals surface area (Å²) >= 11 is 6.16. The van der Waals surface area contributed by atoms with Gasteiger partial charge in [0.15, 0.2) is 11.5 Å². The van der Waals surface area contributed by atoms with Gasteiger partial charge in [-0.25, -0.2) is 4.79 Å². The van der Waals surface area contributed by atoms with Crippen LogP contribution in [0.1, 0.15) is 24.1 Å². The Morgan fingerprint density at radius 3 is 2.45 bits per heavy atom. The SMILES string of the molecule is COc1ccc([C@@H]2NC(=O)NC(C)=C2C(=O)Nc2ccc(C)c(Cl)c2)cc1OC. The smallest absolute Gasteiger partial charge is 0.319 e.